The van der Waals surface area contributed by atoms with E-state index in [1.807, 2.05) is 13.8 Å². The molecule has 2 heterocycles. The van der Waals surface area contributed by atoms with Crippen LogP contribution in [0, 0.1) is 0 Å². The number of halogens is 1. The molecule has 0 saturated carbocycles. The quantitative estimate of drug-likeness (QED) is 0.421. The van der Waals surface area contributed by atoms with E-state index in [0.717, 1.165) is 0 Å². The molecule has 0 amide bonds. The second-order valence-corrected chi connectivity index (χ2v) is 6.32. The fourth-order valence-corrected chi connectivity index (χ4v) is 3.38. The molecule has 2 saturated heterocycles. The number of hydrogen-bond acceptors (Lipinski definition) is 8. The zero-order valence-electron chi connectivity index (χ0n) is 12.4. The summed E-state index contributed by atoms with van der Waals surface area (Å²) in [6, 6.07) is 0. The van der Waals surface area contributed by atoms with Gasteiger partial charge < -0.3 is 37.7 Å². The molecule has 0 aliphatic carbocycles. The molecule has 0 aromatic rings. The molecule has 0 aromatic heterocycles. The second kappa shape index (κ2) is 7.99. The molecule has 0 radical (unpaired) electrons. The Morgan fingerprint density at radius 2 is 1.77 bits per heavy atom. The molecular formula is C13H23IO8. The smallest absolute Gasteiger partial charge is 0.187 e. The number of hydrogen-bond donors (Lipinski definition) is 4. The molecule has 4 N–H and O–H groups in total. The maximum absolute atomic E-state index is 10.0. The van der Waals surface area contributed by atoms with E-state index in [4.69, 9.17) is 17.3 Å². The normalized spacial score (nSPS) is 50.0. The van der Waals surface area contributed by atoms with E-state index in [1.54, 1.807) is 23.0 Å². The highest BCUT2D eigenvalue weighted by molar-refractivity contribution is 14.1. The summed E-state index contributed by atoms with van der Waals surface area (Å²) in [4.78, 5) is 0. The van der Waals surface area contributed by atoms with Crippen LogP contribution >= 0.6 is 23.0 Å². The van der Waals surface area contributed by atoms with Gasteiger partial charge in [0.15, 0.2) is 6.29 Å². The lowest BCUT2D eigenvalue weighted by Crippen LogP contribution is -2.61. The van der Waals surface area contributed by atoms with Crippen molar-refractivity contribution in [2.24, 2.45) is 0 Å². The minimum Gasteiger partial charge on any atom is -0.394 e. The van der Waals surface area contributed by atoms with E-state index >= 15 is 0 Å². The highest BCUT2D eigenvalue weighted by Gasteiger charge is 2.47. The Balaban J connectivity index is 2.07. The second-order valence-electron chi connectivity index (χ2n) is 5.81. The van der Waals surface area contributed by atoms with Gasteiger partial charge in [0.1, 0.15) is 59.6 Å². The van der Waals surface area contributed by atoms with Crippen LogP contribution in [-0.4, -0.2) is 82.2 Å². The first-order valence-electron chi connectivity index (χ1n) is 7.27. The van der Waals surface area contributed by atoms with Gasteiger partial charge in [0.05, 0.1) is 18.8 Å². The summed E-state index contributed by atoms with van der Waals surface area (Å²) in [5.74, 6) is 0. The van der Waals surface area contributed by atoms with Crippen LogP contribution in [0.3, 0.4) is 0 Å². The van der Waals surface area contributed by atoms with Crippen molar-refractivity contribution < 1.29 is 37.7 Å². The van der Waals surface area contributed by atoms with Crippen LogP contribution in [0.2, 0.25) is 0 Å². The van der Waals surface area contributed by atoms with Gasteiger partial charge in [-0.05, 0) is 13.8 Å². The molecule has 9 unspecified atom stereocenters. The van der Waals surface area contributed by atoms with Crippen molar-refractivity contribution in [3.05, 3.63) is 0 Å². The van der Waals surface area contributed by atoms with Gasteiger partial charge in [-0.1, -0.05) is 0 Å². The van der Waals surface area contributed by atoms with Gasteiger partial charge in [0.2, 0.25) is 0 Å². The zero-order chi connectivity index (χ0) is 16.4. The summed E-state index contributed by atoms with van der Waals surface area (Å²) in [5.41, 5.74) is 0. The van der Waals surface area contributed by atoms with Crippen molar-refractivity contribution in [2.45, 2.75) is 75.4 Å². The Hall–Kier alpha value is 0.410. The standard InChI is InChI=1S/C13H23IO8/c1-5-3-7(22-14)12(6(2)19-5)21-13-11(18)10(17)9(16)8(4-15)20-13/h5-13,15-18H,3-4H2,1-2H3. The van der Waals surface area contributed by atoms with E-state index in [1.165, 1.54) is 0 Å². The monoisotopic (exact) mass is 434 g/mol. The average molecular weight is 434 g/mol. The van der Waals surface area contributed by atoms with Crippen molar-refractivity contribution in [1.29, 1.82) is 0 Å². The molecule has 9 heteroatoms. The third-order valence-electron chi connectivity index (χ3n) is 4.09. The van der Waals surface area contributed by atoms with E-state index in [2.05, 4.69) is 0 Å². The molecule has 2 aliphatic heterocycles. The first kappa shape index (κ1) is 18.7. The lowest BCUT2D eigenvalue weighted by Gasteiger charge is -2.44. The molecular weight excluding hydrogens is 411 g/mol. The average Bonchev–Trinajstić information content (AvgIpc) is 2.49. The van der Waals surface area contributed by atoms with Crippen LogP contribution in [0.15, 0.2) is 0 Å². The largest absolute Gasteiger partial charge is 0.394 e. The summed E-state index contributed by atoms with van der Waals surface area (Å²) in [7, 11) is 0. The Bertz CT molecular complexity index is 357. The fourth-order valence-electron chi connectivity index (χ4n) is 2.88. The van der Waals surface area contributed by atoms with Crippen molar-refractivity contribution in [3.8, 4) is 0 Å². The summed E-state index contributed by atoms with van der Waals surface area (Å²) >= 11 is 1.79. The molecule has 0 aromatic carbocycles. The third kappa shape index (κ3) is 3.90. The summed E-state index contributed by atoms with van der Waals surface area (Å²) in [6.45, 7) is 3.26. The first-order chi connectivity index (χ1) is 10.4. The SMILES string of the molecule is CC1CC(OI)C(OC2OC(CO)C(O)C(O)C2O)C(C)O1. The summed E-state index contributed by atoms with van der Waals surface area (Å²) in [6.07, 6.45) is -6.91. The van der Waals surface area contributed by atoms with Crippen LogP contribution in [-0.2, 0) is 17.3 Å². The Labute approximate surface area is 143 Å². The van der Waals surface area contributed by atoms with Crippen LogP contribution in [0.4, 0.5) is 0 Å². The lowest BCUT2D eigenvalue weighted by molar-refractivity contribution is -0.329. The molecule has 2 rings (SSSR count). The van der Waals surface area contributed by atoms with Crippen LogP contribution < -0.4 is 0 Å². The predicted molar refractivity (Wildman–Crippen MR) is 82.2 cm³/mol. The topological polar surface area (TPSA) is 118 Å². The molecule has 8 nitrogen and oxygen atoms in total. The van der Waals surface area contributed by atoms with Gasteiger partial charge in [-0.25, -0.2) is 0 Å². The van der Waals surface area contributed by atoms with Gasteiger partial charge in [0, 0.05) is 6.42 Å². The third-order valence-corrected chi connectivity index (χ3v) is 4.75. The molecule has 22 heavy (non-hydrogen) atoms. The van der Waals surface area contributed by atoms with Crippen LogP contribution in [0.25, 0.3) is 0 Å². The van der Waals surface area contributed by atoms with E-state index in [9.17, 15) is 20.4 Å². The Morgan fingerprint density at radius 1 is 1.09 bits per heavy atom. The van der Waals surface area contributed by atoms with Crippen molar-refractivity contribution in [3.63, 3.8) is 0 Å². The van der Waals surface area contributed by atoms with Crippen LogP contribution in [0.1, 0.15) is 20.3 Å². The summed E-state index contributed by atoms with van der Waals surface area (Å²) in [5, 5.41) is 38.8. The lowest BCUT2D eigenvalue weighted by atomic mass is 9.97. The maximum Gasteiger partial charge on any atom is 0.187 e. The van der Waals surface area contributed by atoms with E-state index in [0.29, 0.717) is 6.42 Å². The van der Waals surface area contributed by atoms with Gasteiger partial charge in [-0.3, -0.25) is 0 Å². The van der Waals surface area contributed by atoms with E-state index < -0.39 is 43.4 Å². The van der Waals surface area contributed by atoms with Crippen molar-refractivity contribution >= 4 is 23.0 Å². The molecule has 2 fully saturated rings. The molecule has 0 bridgehead atoms. The predicted octanol–water partition coefficient (Wildman–Crippen LogP) is -0.896. The summed E-state index contributed by atoms with van der Waals surface area (Å²) < 4.78 is 22.2. The zero-order valence-corrected chi connectivity index (χ0v) is 14.6. The fraction of sp³-hybridized carbons (Fsp3) is 1.00. The highest BCUT2D eigenvalue weighted by Crippen LogP contribution is 2.30. The van der Waals surface area contributed by atoms with Gasteiger partial charge in [-0.15, -0.1) is 0 Å². The first-order valence-corrected chi connectivity index (χ1v) is 8.16. The number of aliphatic hydroxyl groups is 4. The van der Waals surface area contributed by atoms with Crippen molar-refractivity contribution in [1.82, 2.24) is 0 Å². The number of rotatable bonds is 4. The Morgan fingerprint density at radius 3 is 2.36 bits per heavy atom. The molecule has 130 valence electrons. The van der Waals surface area contributed by atoms with Gasteiger partial charge in [-0.2, -0.15) is 0 Å². The van der Waals surface area contributed by atoms with E-state index in [-0.39, 0.29) is 18.3 Å². The molecule has 9 atom stereocenters. The highest BCUT2D eigenvalue weighted by atomic mass is 127. The minimum atomic E-state index is -1.46. The van der Waals surface area contributed by atoms with Gasteiger partial charge >= 0.3 is 0 Å². The van der Waals surface area contributed by atoms with Gasteiger partial charge in [0.25, 0.3) is 0 Å². The maximum atomic E-state index is 10.0. The number of aliphatic hydroxyl groups excluding tert-OH is 4. The number of ether oxygens (including phenoxy) is 3. The van der Waals surface area contributed by atoms with Crippen molar-refractivity contribution in [2.75, 3.05) is 6.61 Å². The Kier molecular flexibility index (Phi) is 6.81. The molecule has 0 spiro atoms. The van der Waals surface area contributed by atoms with Crippen LogP contribution in [0.5, 0.6) is 0 Å². The minimum absolute atomic E-state index is 0.0180. The molecule has 2 aliphatic rings.